The molecular weight excluding hydrogens is 234 g/mol. The predicted molar refractivity (Wildman–Crippen MR) is 76.0 cm³/mol. The lowest BCUT2D eigenvalue weighted by Gasteiger charge is -2.29. The van der Waals surface area contributed by atoms with Gasteiger partial charge in [0.25, 0.3) is 0 Å². The summed E-state index contributed by atoms with van der Waals surface area (Å²) in [5.41, 5.74) is 5.60. The van der Waals surface area contributed by atoms with E-state index in [9.17, 15) is 4.79 Å². The number of carbonyl (C=O) groups excluding carboxylic acids is 1. The number of nitrogens with two attached hydrogens (primary N) is 1. The summed E-state index contributed by atoms with van der Waals surface area (Å²) in [6.45, 7) is 10.3. The molecule has 17 heavy (non-hydrogen) atoms. The zero-order valence-electron chi connectivity index (χ0n) is 11.3. The number of thiocarbonyl (C=S) groups is 1. The Hall–Kier alpha value is -0.680. The lowest BCUT2D eigenvalue weighted by molar-refractivity contribution is -0.125. The van der Waals surface area contributed by atoms with Gasteiger partial charge in [0.05, 0.1) is 11.0 Å². The Morgan fingerprint density at radius 2 is 2.00 bits per heavy atom. The van der Waals surface area contributed by atoms with Crippen LogP contribution in [-0.4, -0.2) is 41.5 Å². The topological polar surface area (TPSA) is 58.4 Å². The van der Waals surface area contributed by atoms with Crippen molar-refractivity contribution in [3.8, 4) is 0 Å². The standard InChI is InChI=1S/C12H25N3OS/c1-5-7-14-12(16)10(4)15(6-2)8-9(3)11(13)17/h9-10H,5-8H2,1-4H3,(H2,13,17)(H,14,16). The van der Waals surface area contributed by atoms with Gasteiger partial charge in [-0.15, -0.1) is 0 Å². The quantitative estimate of drug-likeness (QED) is 0.642. The number of amides is 1. The van der Waals surface area contributed by atoms with Crippen molar-refractivity contribution in [2.24, 2.45) is 11.7 Å². The molecule has 0 aliphatic rings. The zero-order valence-corrected chi connectivity index (χ0v) is 12.1. The number of likely N-dealkylation sites (N-methyl/N-ethyl adjacent to an activating group) is 1. The molecule has 0 bridgehead atoms. The molecule has 5 heteroatoms. The van der Waals surface area contributed by atoms with Crippen LogP contribution in [0.1, 0.15) is 34.1 Å². The van der Waals surface area contributed by atoms with Gasteiger partial charge in [0.15, 0.2) is 0 Å². The molecule has 4 nitrogen and oxygen atoms in total. The molecule has 0 radical (unpaired) electrons. The van der Waals surface area contributed by atoms with Crippen LogP contribution in [0.2, 0.25) is 0 Å². The lowest BCUT2D eigenvalue weighted by Crippen LogP contribution is -2.47. The molecule has 2 atom stereocenters. The average molecular weight is 259 g/mol. The van der Waals surface area contributed by atoms with Crippen molar-refractivity contribution in [3.05, 3.63) is 0 Å². The Labute approximate surface area is 110 Å². The van der Waals surface area contributed by atoms with Crippen LogP contribution < -0.4 is 11.1 Å². The first-order valence-corrected chi connectivity index (χ1v) is 6.65. The van der Waals surface area contributed by atoms with Gasteiger partial charge < -0.3 is 11.1 Å². The van der Waals surface area contributed by atoms with Crippen LogP contribution in [0.5, 0.6) is 0 Å². The number of hydrogen-bond acceptors (Lipinski definition) is 3. The van der Waals surface area contributed by atoms with Crippen molar-refractivity contribution in [2.45, 2.75) is 40.2 Å². The molecule has 0 fully saturated rings. The van der Waals surface area contributed by atoms with Crippen LogP contribution in [0.4, 0.5) is 0 Å². The van der Waals surface area contributed by atoms with Gasteiger partial charge in [-0.05, 0) is 19.9 Å². The highest BCUT2D eigenvalue weighted by Gasteiger charge is 2.21. The monoisotopic (exact) mass is 259 g/mol. The number of carbonyl (C=O) groups is 1. The third-order valence-electron chi connectivity index (χ3n) is 2.88. The highest BCUT2D eigenvalue weighted by Crippen LogP contribution is 2.05. The predicted octanol–water partition coefficient (Wildman–Crippen LogP) is 1.15. The van der Waals surface area contributed by atoms with E-state index in [1.165, 1.54) is 0 Å². The first-order valence-electron chi connectivity index (χ1n) is 6.25. The minimum absolute atomic E-state index is 0.0730. The molecule has 2 unspecified atom stereocenters. The van der Waals surface area contributed by atoms with Crippen LogP contribution in [0.25, 0.3) is 0 Å². The number of nitrogens with one attached hydrogen (secondary N) is 1. The van der Waals surface area contributed by atoms with Crippen molar-refractivity contribution in [1.82, 2.24) is 10.2 Å². The summed E-state index contributed by atoms with van der Waals surface area (Å²) < 4.78 is 0. The summed E-state index contributed by atoms with van der Waals surface area (Å²) in [4.78, 5) is 14.4. The summed E-state index contributed by atoms with van der Waals surface area (Å²) in [7, 11) is 0. The van der Waals surface area contributed by atoms with E-state index in [0.29, 0.717) is 4.99 Å². The first kappa shape index (κ1) is 16.3. The molecule has 0 aliphatic heterocycles. The summed E-state index contributed by atoms with van der Waals surface area (Å²) in [5.74, 6) is 0.204. The second-order valence-corrected chi connectivity index (χ2v) is 4.83. The zero-order chi connectivity index (χ0) is 13.4. The normalized spacial score (nSPS) is 14.4. The van der Waals surface area contributed by atoms with Gasteiger partial charge in [0.2, 0.25) is 5.91 Å². The molecule has 0 saturated heterocycles. The Morgan fingerprint density at radius 1 is 1.41 bits per heavy atom. The van der Waals surface area contributed by atoms with Gasteiger partial charge >= 0.3 is 0 Å². The van der Waals surface area contributed by atoms with Crippen LogP contribution in [-0.2, 0) is 4.79 Å². The Bertz CT molecular complexity index is 258. The molecule has 0 rings (SSSR count). The van der Waals surface area contributed by atoms with Gasteiger partial charge in [0, 0.05) is 19.0 Å². The maximum atomic E-state index is 11.8. The average Bonchev–Trinajstić information content (AvgIpc) is 2.31. The molecule has 0 saturated carbocycles. The number of nitrogens with zero attached hydrogens (tertiary/aromatic N) is 1. The van der Waals surface area contributed by atoms with Crippen LogP contribution in [0, 0.1) is 5.92 Å². The van der Waals surface area contributed by atoms with E-state index in [4.69, 9.17) is 18.0 Å². The third-order valence-corrected chi connectivity index (χ3v) is 3.28. The largest absolute Gasteiger partial charge is 0.393 e. The highest BCUT2D eigenvalue weighted by molar-refractivity contribution is 7.80. The third kappa shape index (κ3) is 5.98. The molecule has 0 aromatic rings. The minimum Gasteiger partial charge on any atom is -0.393 e. The molecule has 0 aromatic heterocycles. The fraction of sp³-hybridized carbons (Fsp3) is 0.833. The molecule has 0 heterocycles. The van der Waals surface area contributed by atoms with Crippen molar-refractivity contribution in [1.29, 1.82) is 0 Å². The van der Waals surface area contributed by atoms with E-state index in [1.807, 2.05) is 27.7 Å². The summed E-state index contributed by atoms with van der Waals surface area (Å²) in [6, 6.07) is -0.136. The molecule has 0 aliphatic carbocycles. The Kier molecular flexibility index (Phi) is 8.08. The van der Waals surface area contributed by atoms with Gasteiger partial charge in [-0.3, -0.25) is 9.69 Å². The van der Waals surface area contributed by atoms with E-state index in [-0.39, 0.29) is 17.9 Å². The summed E-state index contributed by atoms with van der Waals surface area (Å²) in [6.07, 6.45) is 0.952. The van der Waals surface area contributed by atoms with Crippen LogP contribution >= 0.6 is 12.2 Å². The van der Waals surface area contributed by atoms with Gasteiger partial charge in [-0.25, -0.2) is 0 Å². The number of rotatable bonds is 8. The minimum atomic E-state index is -0.136. The van der Waals surface area contributed by atoms with Crippen molar-refractivity contribution < 1.29 is 4.79 Å². The van der Waals surface area contributed by atoms with Crippen LogP contribution in [0.3, 0.4) is 0 Å². The fourth-order valence-corrected chi connectivity index (χ4v) is 1.64. The highest BCUT2D eigenvalue weighted by atomic mass is 32.1. The molecular formula is C12H25N3OS. The fourth-order valence-electron chi connectivity index (χ4n) is 1.56. The van der Waals surface area contributed by atoms with E-state index < -0.39 is 0 Å². The van der Waals surface area contributed by atoms with E-state index >= 15 is 0 Å². The second-order valence-electron chi connectivity index (χ2n) is 4.36. The van der Waals surface area contributed by atoms with E-state index in [2.05, 4.69) is 10.2 Å². The molecule has 0 aromatic carbocycles. The van der Waals surface area contributed by atoms with E-state index in [0.717, 1.165) is 26.1 Å². The van der Waals surface area contributed by atoms with Crippen molar-refractivity contribution in [2.75, 3.05) is 19.6 Å². The SMILES string of the molecule is CCCNC(=O)C(C)N(CC)CC(C)C(N)=S. The molecule has 1 amide bonds. The van der Waals surface area contributed by atoms with Gasteiger partial charge in [-0.1, -0.05) is 33.0 Å². The molecule has 0 spiro atoms. The molecule has 3 N–H and O–H groups in total. The molecule has 100 valence electrons. The number of hydrogen-bond donors (Lipinski definition) is 2. The Balaban J connectivity index is 4.33. The van der Waals surface area contributed by atoms with Gasteiger partial charge in [-0.2, -0.15) is 0 Å². The smallest absolute Gasteiger partial charge is 0.237 e. The van der Waals surface area contributed by atoms with Crippen molar-refractivity contribution >= 4 is 23.1 Å². The summed E-state index contributed by atoms with van der Waals surface area (Å²) in [5, 5.41) is 2.90. The van der Waals surface area contributed by atoms with E-state index in [1.54, 1.807) is 0 Å². The second kappa shape index (κ2) is 8.42. The lowest BCUT2D eigenvalue weighted by atomic mass is 10.1. The first-order chi connectivity index (χ1) is 7.93. The van der Waals surface area contributed by atoms with Gasteiger partial charge in [0.1, 0.15) is 0 Å². The van der Waals surface area contributed by atoms with Crippen molar-refractivity contribution in [3.63, 3.8) is 0 Å². The summed E-state index contributed by atoms with van der Waals surface area (Å²) >= 11 is 4.96. The Morgan fingerprint density at radius 3 is 2.41 bits per heavy atom. The maximum Gasteiger partial charge on any atom is 0.237 e. The maximum absolute atomic E-state index is 11.8. The van der Waals surface area contributed by atoms with Crippen LogP contribution in [0.15, 0.2) is 0 Å².